The number of carbonyl (C=O) groups excluding carboxylic acids is 1. The second kappa shape index (κ2) is 7.09. The number of para-hydroxylation sites is 1. The molecule has 0 aliphatic carbocycles. The number of hydrogen-bond donors (Lipinski definition) is 3. The molecule has 1 aliphatic rings. The van der Waals surface area contributed by atoms with E-state index in [0.717, 1.165) is 12.1 Å². The minimum atomic E-state index is -0.108. The van der Waals surface area contributed by atoms with Crippen LogP contribution in [0.25, 0.3) is 11.0 Å². The Morgan fingerprint density at radius 2 is 2.38 bits per heavy atom. The highest BCUT2D eigenvalue weighted by Gasteiger charge is 2.17. The van der Waals surface area contributed by atoms with Crippen molar-refractivity contribution in [2.45, 2.75) is 12.5 Å². The number of anilines is 1. The molecule has 0 saturated carbocycles. The van der Waals surface area contributed by atoms with E-state index in [0.29, 0.717) is 36.1 Å². The van der Waals surface area contributed by atoms with Crippen molar-refractivity contribution >= 4 is 46.9 Å². The molecule has 2 aromatic rings. The first-order valence-corrected chi connectivity index (χ1v) is 6.85. The third kappa shape index (κ3) is 3.85. The van der Waals surface area contributed by atoms with Crippen molar-refractivity contribution in [1.29, 1.82) is 0 Å². The fraction of sp³-hybridized carbons (Fsp3) is 0.385. The van der Waals surface area contributed by atoms with Gasteiger partial charge >= 0.3 is 0 Å². The molecule has 0 bridgehead atoms. The van der Waals surface area contributed by atoms with Crippen LogP contribution in [0.5, 0.6) is 0 Å². The summed E-state index contributed by atoms with van der Waals surface area (Å²) in [5.41, 5.74) is 1.45. The van der Waals surface area contributed by atoms with Gasteiger partial charge in [0.15, 0.2) is 0 Å². The first kappa shape index (κ1) is 16.0. The predicted molar refractivity (Wildman–Crippen MR) is 84.2 cm³/mol. The molecule has 3 rings (SSSR count). The minimum absolute atomic E-state index is 0. The molecule has 1 aliphatic heterocycles. The van der Waals surface area contributed by atoms with Crippen molar-refractivity contribution in [1.82, 2.24) is 15.3 Å². The van der Waals surface area contributed by atoms with E-state index >= 15 is 0 Å². The molecule has 1 unspecified atom stereocenters. The van der Waals surface area contributed by atoms with Crippen LogP contribution in [0.1, 0.15) is 6.42 Å². The molecule has 1 amide bonds. The number of aromatic nitrogens is 2. The van der Waals surface area contributed by atoms with Gasteiger partial charge in [-0.3, -0.25) is 10.1 Å². The van der Waals surface area contributed by atoms with Crippen LogP contribution < -0.4 is 10.6 Å². The fourth-order valence-electron chi connectivity index (χ4n) is 2.21. The lowest BCUT2D eigenvalue weighted by molar-refractivity contribution is -0.117. The number of aromatic amines is 1. The normalized spacial score (nSPS) is 18.2. The van der Waals surface area contributed by atoms with Crippen LogP contribution in [0.15, 0.2) is 18.2 Å². The topological polar surface area (TPSA) is 79.0 Å². The van der Waals surface area contributed by atoms with E-state index in [1.165, 1.54) is 0 Å². The largest absolute Gasteiger partial charge is 0.378 e. The number of fused-ring (bicyclic) bond motifs is 1. The zero-order chi connectivity index (χ0) is 13.9. The minimum Gasteiger partial charge on any atom is -0.378 e. The van der Waals surface area contributed by atoms with Gasteiger partial charge in [-0.05, 0) is 12.1 Å². The van der Waals surface area contributed by atoms with Crippen LogP contribution in [-0.2, 0) is 9.53 Å². The van der Waals surface area contributed by atoms with Crippen molar-refractivity contribution in [3.63, 3.8) is 0 Å². The number of hydrogen-bond acceptors (Lipinski definition) is 4. The molecule has 1 aromatic carbocycles. The zero-order valence-corrected chi connectivity index (χ0v) is 12.8. The third-order valence-corrected chi connectivity index (χ3v) is 3.46. The van der Waals surface area contributed by atoms with Crippen LogP contribution in [-0.4, -0.2) is 41.7 Å². The molecule has 1 saturated heterocycles. The number of amides is 1. The van der Waals surface area contributed by atoms with Crippen LogP contribution in [0.2, 0.25) is 5.02 Å². The zero-order valence-electron chi connectivity index (χ0n) is 11.2. The van der Waals surface area contributed by atoms with E-state index in [-0.39, 0.29) is 24.4 Å². The summed E-state index contributed by atoms with van der Waals surface area (Å²) in [5.74, 6) is 0.304. The Labute approximate surface area is 133 Å². The summed E-state index contributed by atoms with van der Waals surface area (Å²) in [7, 11) is 0. The summed E-state index contributed by atoms with van der Waals surface area (Å²) in [6, 6.07) is 5.51. The fourth-order valence-corrected chi connectivity index (χ4v) is 2.43. The highest BCUT2D eigenvalue weighted by molar-refractivity contribution is 6.35. The maximum atomic E-state index is 11.9. The Balaban J connectivity index is 0.00000161. The number of nitrogens with one attached hydrogen (secondary N) is 3. The van der Waals surface area contributed by atoms with Crippen LogP contribution in [0, 0.1) is 0 Å². The van der Waals surface area contributed by atoms with Crippen molar-refractivity contribution < 1.29 is 9.53 Å². The van der Waals surface area contributed by atoms with E-state index in [9.17, 15) is 4.79 Å². The van der Waals surface area contributed by atoms with Gasteiger partial charge in [-0.15, -0.1) is 12.4 Å². The summed E-state index contributed by atoms with van der Waals surface area (Å²) in [5, 5.41) is 6.54. The van der Waals surface area contributed by atoms with Gasteiger partial charge in [0.05, 0.1) is 23.8 Å². The molecule has 3 N–H and O–H groups in total. The van der Waals surface area contributed by atoms with Crippen molar-refractivity contribution in [3.8, 4) is 0 Å². The standard InChI is InChI=1S/C13H15ClN4O2.ClH/c14-9-2-1-3-10-12(9)18-13(16-10)17-11(19)6-8-7-20-5-4-15-8;/h1-3,8,15H,4-7H2,(H2,16,17,18,19);1H. The maximum absolute atomic E-state index is 11.9. The number of morpholine rings is 1. The van der Waals surface area contributed by atoms with Gasteiger partial charge < -0.3 is 15.0 Å². The molecule has 0 radical (unpaired) electrons. The third-order valence-electron chi connectivity index (χ3n) is 3.15. The number of benzene rings is 1. The second-order valence-corrected chi connectivity index (χ2v) is 5.11. The first-order chi connectivity index (χ1) is 9.72. The number of rotatable bonds is 3. The first-order valence-electron chi connectivity index (χ1n) is 6.47. The molecule has 1 atom stereocenters. The molecular formula is C13H16Cl2N4O2. The molecular weight excluding hydrogens is 315 g/mol. The molecule has 114 valence electrons. The number of nitrogens with zero attached hydrogens (tertiary/aromatic N) is 1. The number of ether oxygens (including phenoxy) is 1. The number of carbonyl (C=O) groups is 1. The van der Waals surface area contributed by atoms with E-state index in [1.807, 2.05) is 12.1 Å². The van der Waals surface area contributed by atoms with E-state index in [4.69, 9.17) is 16.3 Å². The Morgan fingerprint density at radius 1 is 1.52 bits per heavy atom. The number of H-pyrrole nitrogens is 1. The average Bonchev–Trinajstić information content (AvgIpc) is 2.83. The van der Waals surface area contributed by atoms with Crippen molar-refractivity contribution in [3.05, 3.63) is 23.2 Å². The number of imidazole rings is 1. The van der Waals surface area contributed by atoms with E-state index in [2.05, 4.69) is 20.6 Å². The lowest BCUT2D eigenvalue weighted by Gasteiger charge is -2.22. The lowest BCUT2D eigenvalue weighted by Crippen LogP contribution is -2.43. The lowest BCUT2D eigenvalue weighted by atomic mass is 10.2. The van der Waals surface area contributed by atoms with Crippen LogP contribution >= 0.6 is 24.0 Å². The monoisotopic (exact) mass is 330 g/mol. The Bertz CT molecular complexity index is 626. The number of halogens is 2. The summed E-state index contributed by atoms with van der Waals surface area (Å²) in [6.45, 7) is 2.03. The smallest absolute Gasteiger partial charge is 0.228 e. The SMILES string of the molecule is Cl.O=C(CC1COCCN1)Nc1nc2c(Cl)cccc2[nH]1. The van der Waals surface area contributed by atoms with Gasteiger partial charge in [0, 0.05) is 19.0 Å². The maximum Gasteiger partial charge on any atom is 0.228 e. The van der Waals surface area contributed by atoms with Gasteiger partial charge in [-0.1, -0.05) is 17.7 Å². The van der Waals surface area contributed by atoms with Gasteiger partial charge in [0.1, 0.15) is 5.52 Å². The van der Waals surface area contributed by atoms with Crippen molar-refractivity contribution in [2.75, 3.05) is 25.1 Å². The summed E-state index contributed by atoms with van der Waals surface area (Å²) in [4.78, 5) is 19.2. The highest BCUT2D eigenvalue weighted by atomic mass is 35.5. The molecule has 1 aromatic heterocycles. The van der Waals surface area contributed by atoms with Gasteiger partial charge in [-0.25, -0.2) is 4.98 Å². The van der Waals surface area contributed by atoms with Gasteiger partial charge in [0.2, 0.25) is 11.9 Å². The molecule has 1 fully saturated rings. The Morgan fingerprint density at radius 3 is 3.10 bits per heavy atom. The van der Waals surface area contributed by atoms with Crippen molar-refractivity contribution in [2.24, 2.45) is 0 Å². The van der Waals surface area contributed by atoms with E-state index in [1.54, 1.807) is 6.07 Å². The second-order valence-electron chi connectivity index (χ2n) is 4.70. The summed E-state index contributed by atoms with van der Waals surface area (Å²) in [6.07, 6.45) is 0.352. The summed E-state index contributed by atoms with van der Waals surface area (Å²) >= 11 is 6.04. The quantitative estimate of drug-likeness (QED) is 0.803. The van der Waals surface area contributed by atoms with Gasteiger partial charge in [0.25, 0.3) is 0 Å². The molecule has 6 nitrogen and oxygen atoms in total. The van der Waals surface area contributed by atoms with Crippen LogP contribution in [0.3, 0.4) is 0 Å². The molecule has 2 heterocycles. The Kier molecular flexibility index (Phi) is 5.41. The van der Waals surface area contributed by atoms with E-state index < -0.39 is 0 Å². The predicted octanol–water partition coefficient (Wildman–Crippen LogP) is 1.96. The molecule has 0 spiro atoms. The average molecular weight is 331 g/mol. The van der Waals surface area contributed by atoms with Crippen LogP contribution in [0.4, 0.5) is 5.95 Å². The van der Waals surface area contributed by atoms with Gasteiger partial charge in [-0.2, -0.15) is 0 Å². The molecule has 21 heavy (non-hydrogen) atoms. The highest BCUT2D eigenvalue weighted by Crippen LogP contribution is 2.22. The Hall–Kier alpha value is -1.34. The molecule has 8 heteroatoms. The summed E-state index contributed by atoms with van der Waals surface area (Å²) < 4.78 is 5.31.